The van der Waals surface area contributed by atoms with Crippen molar-refractivity contribution in [3.8, 4) is 11.5 Å². The van der Waals surface area contributed by atoms with Gasteiger partial charge in [-0.05, 0) is 50.7 Å². The first-order valence-corrected chi connectivity index (χ1v) is 9.54. The Labute approximate surface area is 164 Å². The molecular weight excluding hydrogens is 364 g/mol. The smallest absolute Gasteiger partial charge is 0.342 e. The van der Waals surface area contributed by atoms with Crippen molar-refractivity contribution < 1.29 is 33.8 Å². The topological polar surface area (TPSA) is 107 Å². The van der Waals surface area contributed by atoms with Gasteiger partial charge in [0.1, 0.15) is 23.2 Å². The van der Waals surface area contributed by atoms with Crippen molar-refractivity contribution in [1.29, 1.82) is 0 Å². The highest BCUT2D eigenvalue weighted by molar-refractivity contribution is 6.63. The Morgan fingerprint density at radius 3 is 2.43 bits per heavy atom. The Hall–Kier alpha value is -2.70. The lowest BCUT2D eigenvalue weighted by Crippen LogP contribution is -2.27. The van der Waals surface area contributed by atoms with E-state index in [1.165, 1.54) is 6.07 Å². The Morgan fingerprint density at radius 2 is 1.75 bits per heavy atom. The normalized spacial score (nSPS) is 22.2. The van der Waals surface area contributed by atoms with Crippen LogP contribution in [0.4, 0.5) is 0 Å². The van der Waals surface area contributed by atoms with E-state index in [4.69, 9.17) is 9.47 Å². The van der Waals surface area contributed by atoms with Gasteiger partial charge in [0.15, 0.2) is 0 Å². The highest BCUT2D eigenvalue weighted by Crippen LogP contribution is 2.31. The summed E-state index contributed by atoms with van der Waals surface area (Å²) in [5.74, 6) is -3.13. The zero-order valence-corrected chi connectivity index (χ0v) is 16.4. The van der Waals surface area contributed by atoms with Gasteiger partial charge in [-0.1, -0.05) is 6.92 Å². The Kier molecular flexibility index (Phi) is 7.31. The van der Waals surface area contributed by atoms with Crippen LogP contribution >= 0.6 is 0 Å². The summed E-state index contributed by atoms with van der Waals surface area (Å²) in [5.41, 5.74) is 0.506. The Balaban J connectivity index is 2.40. The molecule has 1 aliphatic heterocycles. The van der Waals surface area contributed by atoms with Crippen molar-refractivity contribution in [1.82, 2.24) is 0 Å². The molecule has 0 bridgehead atoms. The number of carbonyl (C=O) groups excluding carboxylic acids is 4. The van der Waals surface area contributed by atoms with Gasteiger partial charge < -0.3 is 14.6 Å². The first-order chi connectivity index (χ1) is 13.2. The monoisotopic (exact) mass is 390 g/mol. The summed E-state index contributed by atoms with van der Waals surface area (Å²) in [6.45, 7) is 5.66. The third-order valence-electron chi connectivity index (χ3n) is 4.97. The van der Waals surface area contributed by atoms with Crippen LogP contribution in [0.15, 0.2) is 12.1 Å². The maximum Gasteiger partial charge on any atom is 0.342 e. The number of phenolic OH excluding ortho intramolecular Hbond substituents is 1. The van der Waals surface area contributed by atoms with E-state index < -0.39 is 29.4 Å². The minimum Gasteiger partial charge on any atom is -0.507 e. The average molecular weight is 390 g/mol. The van der Waals surface area contributed by atoms with Crippen LogP contribution in [0.1, 0.15) is 62.4 Å². The lowest BCUT2D eigenvalue weighted by atomic mass is 9.94. The Morgan fingerprint density at radius 1 is 1.07 bits per heavy atom. The highest BCUT2D eigenvalue weighted by atomic mass is 16.5. The number of cyclic esters (lactones) is 1. The van der Waals surface area contributed by atoms with Gasteiger partial charge in [-0.3, -0.25) is 14.4 Å². The van der Waals surface area contributed by atoms with Crippen molar-refractivity contribution in [2.24, 2.45) is 5.92 Å². The zero-order valence-electron chi connectivity index (χ0n) is 16.4. The van der Waals surface area contributed by atoms with E-state index in [1.54, 1.807) is 26.8 Å². The predicted molar refractivity (Wildman–Crippen MR) is 101 cm³/mol. The van der Waals surface area contributed by atoms with Gasteiger partial charge in [-0.15, -0.1) is 0 Å². The lowest BCUT2D eigenvalue weighted by molar-refractivity contribution is -0.144. The third-order valence-corrected chi connectivity index (χ3v) is 4.97. The van der Waals surface area contributed by atoms with Gasteiger partial charge in [0.05, 0.1) is 6.61 Å². The maximum absolute atomic E-state index is 12.7. The highest BCUT2D eigenvalue weighted by Gasteiger charge is 2.27. The molecule has 1 heterocycles. The first kappa shape index (κ1) is 21.6. The van der Waals surface area contributed by atoms with E-state index in [2.05, 4.69) is 0 Å². The second-order valence-corrected chi connectivity index (χ2v) is 7.06. The number of phenols is 1. The van der Waals surface area contributed by atoms with Gasteiger partial charge in [-0.25, -0.2) is 4.79 Å². The molecule has 0 unspecified atom stereocenters. The van der Waals surface area contributed by atoms with Crippen LogP contribution in [-0.4, -0.2) is 41.1 Å². The van der Waals surface area contributed by atoms with Crippen LogP contribution in [0.5, 0.6) is 11.5 Å². The number of Topliss-reactive ketones (excluding diaryl/α,β-unsaturated/α-hetero) is 3. The predicted octanol–water partition coefficient (Wildman–Crippen LogP) is 2.80. The van der Waals surface area contributed by atoms with Crippen LogP contribution < -0.4 is 4.74 Å². The molecule has 0 saturated carbocycles. The summed E-state index contributed by atoms with van der Waals surface area (Å²) >= 11 is 0. The number of rotatable bonds is 2. The minimum atomic E-state index is -0.972. The van der Waals surface area contributed by atoms with E-state index in [0.717, 1.165) is 0 Å². The quantitative estimate of drug-likeness (QED) is 0.611. The summed E-state index contributed by atoms with van der Waals surface area (Å²) in [6, 6.07) is 2.98. The SMILES string of the molecule is CCOc1cc(O)c2c(c1)CCCC(=O)C(=O)C(=O)CC[C@@H](C)[C@H](C)OC2=O. The first-order valence-electron chi connectivity index (χ1n) is 9.54. The number of fused-ring (bicyclic) bond motifs is 1. The molecule has 0 amide bonds. The molecule has 7 nitrogen and oxygen atoms in total. The number of esters is 1. The van der Waals surface area contributed by atoms with Crippen molar-refractivity contribution >= 4 is 23.3 Å². The fourth-order valence-corrected chi connectivity index (χ4v) is 3.10. The molecule has 1 aromatic carbocycles. The maximum atomic E-state index is 12.7. The number of hydrogen-bond donors (Lipinski definition) is 1. The van der Waals surface area contributed by atoms with Gasteiger partial charge in [-0.2, -0.15) is 0 Å². The summed E-state index contributed by atoms with van der Waals surface area (Å²) < 4.78 is 10.9. The molecule has 0 saturated heterocycles. The minimum absolute atomic E-state index is 0.0365. The molecule has 7 heteroatoms. The van der Waals surface area contributed by atoms with E-state index >= 15 is 0 Å². The molecule has 1 aliphatic rings. The third kappa shape index (κ3) is 5.18. The van der Waals surface area contributed by atoms with E-state index in [0.29, 0.717) is 24.3 Å². The van der Waals surface area contributed by atoms with Crippen molar-refractivity contribution in [2.75, 3.05) is 6.61 Å². The van der Waals surface area contributed by atoms with Crippen molar-refractivity contribution in [2.45, 2.75) is 59.0 Å². The summed E-state index contributed by atoms with van der Waals surface area (Å²) in [4.78, 5) is 48.6. The molecule has 0 spiro atoms. The molecule has 0 aromatic heterocycles. The van der Waals surface area contributed by atoms with E-state index in [9.17, 15) is 24.3 Å². The molecular formula is C21H26O7. The number of aryl methyl sites for hydroxylation is 1. The number of ketones is 3. The van der Waals surface area contributed by atoms with Crippen LogP contribution in [0.3, 0.4) is 0 Å². The van der Waals surface area contributed by atoms with Gasteiger partial charge >= 0.3 is 5.97 Å². The van der Waals surface area contributed by atoms with Crippen LogP contribution in [-0.2, 0) is 25.5 Å². The fraction of sp³-hybridized carbons (Fsp3) is 0.524. The molecule has 0 radical (unpaired) electrons. The van der Waals surface area contributed by atoms with Crippen molar-refractivity contribution in [3.63, 3.8) is 0 Å². The van der Waals surface area contributed by atoms with Gasteiger partial charge in [0, 0.05) is 18.9 Å². The van der Waals surface area contributed by atoms with Crippen molar-refractivity contribution in [3.05, 3.63) is 23.3 Å². The number of carbonyl (C=O) groups is 4. The second kappa shape index (κ2) is 9.48. The lowest BCUT2D eigenvalue weighted by Gasteiger charge is -2.22. The largest absolute Gasteiger partial charge is 0.507 e. The molecule has 1 aromatic rings. The van der Waals surface area contributed by atoms with E-state index in [-0.39, 0.29) is 42.9 Å². The molecule has 0 aliphatic carbocycles. The standard InChI is InChI=1S/C21H26O7/c1-4-27-15-10-14-6-5-7-16(22)20(25)17(23)9-8-12(2)13(3)28-21(26)19(14)18(24)11-15/h10-13,24H,4-9H2,1-3H3/t12-,13+/m1/s1. The summed E-state index contributed by atoms with van der Waals surface area (Å²) in [7, 11) is 0. The number of ether oxygens (including phenoxy) is 2. The van der Waals surface area contributed by atoms with Crippen LogP contribution in [0, 0.1) is 5.92 Å². The van der Waals surface area contributed by atoms with Crippen LogP contribution in [0.25, 0.3) is 0 Å². The van der Waals surface area contributed by atoms with Gasteiger partial charge in [0.2, 0.25) is 11.6 Å². The molecule has 0 fully saturated rings. The average Bonchev–Trinajstić information content (AvgIpc) is 2.64. The summed E-state index contributed by atoms with van der Waals surface area (Å²) in [6.07, 6.45) is 0.106. The number of aromatic hydroxyl groups is 1. The second-order valence-electron chi connectivity index (χ2n) is 7.06. The molecule has 2 atom stereocenters. The molecule has 1 N–H and O–H groups in total. The molecule has 28 heavy (non-hydrogen) atoms. The number of hydrogen-bond acceptors (Lipinski definition) is 7. The Bertz CT molecular complexity index is 781. The van der Waals surface area contributed by atoms with E-state index in [1.807, 2.05) is 0 Å². The molecule has 152 valence electrons. The number of benzene rings is 1. The fourth-order valence-electron chi connectivity index (χ4n) is 3.10. The summed E-state index contributed by atoms with van der Waals surface area (Å²) in [5, 5.41) is 10.4. The van der Waals surface area contributed by atoms with Gasteiger partial charge in [0.25, 0.3) is 5.78 Å². The zero-order chi connectivity index (χ0) is 20.8. The van der Waals surface area contributed by atoms with Crippen LogP contribution in [0.2, 0.25) is 0 Å². The molecule has 2 rings (SSSR count).